The topological polar surface area (TPSA) is 70.1 Å². The molecular formula is C25H48N2O4. The van der Waals surface area contributed by atoms with Crippen LogP contribution in [0.1, 0.15) is 98.3 Å². The van der Waals surface area contributed by atoms with Crippen molar-refractivity contribution in [3.63, 3.8) is 0 Å². The minimum Gasteiger partial charge on any atom is -0.396 e. The number of urea groups is 1. The van der Waals surface area contributed by atoms with Crippen LogP contribution in [0.4, 0.5) is 4.79 Å². The van der Waals surface area contributed by atoms with Gasteiger partial charge in [0, 0.05) is 33.4 Å². The fraction of sp³-hybridized carbons (Fsp3) is 0.920. The molecule has 6 nitrogen and oxygen atoms in total. The number of amides is 3. The molecule has 0 aliphatic carbocycles. The third-order valence-corrected chi connectivity index (χ3v) is 6.51. The Bertz CT molecular complexity index is 534. The van der Waals surface area contributed by atoms with Crippen molar-refractivity contribution in [3.8, 4) is 0 Å². The van der Waals surface area contributed by atoms with Crippen LogP contribution in [0.25, 0.3) is 0 Å². The van der Waals surface area contributed by atoms with Crippen LogP contribution in [0, 0.1) is 10.8 Å². The number of carbonyl (C=O) groups excluding carboxylic acids is 2. The molecule has 0 aromatic heterocycles. The van der Waals surface area contributed by atoms with Crippen LogP contribution in [0.5, 0.6) is 0 Å². The van der Waals surface area contributed by atoms with Gasteiger partial charge in [0.15, 0.2) is 0 Å². The van der Waals surface area contributed by atoms with Crippen LogP contribution >= 0.6 is 0 Å². The molecule has 6 heteroatoms. The summed E-state index contributed by atoms with van der Waals surface area (Å²) in [7, 11) is 1.67. The van der Waals surface area contributed by atoms with Gasteiger partial charge in [-0.2, -0.15) is 0 Å². The number of unbranched alkanes of at least 4 members (excludes halogenated alkanes) is 3. The normalized spacial score (nSPS) is 15.4. The highest BCUT2D eigenvalue weighted by Gasteiger charge is 2.33. The highest BCUT2D eigenvalue weighted by atomic mass is 16.5. The smallest absolute Gasteiger partial charge is 0.326 e. The van der Waals surface area contributed by atoms with Crippen molar-refractivity contribution < 1.29 is 19.4 Å². The number of hydrogen-bond donors (Lipinski definition) is 1. The summed E-state index contributed by atoms with van der Waals surface area (Å²) < 4.78 is 5.82. The van der Waals surface area contributed by atoms with Crippen molar-refractivity contribution in [1.29, 1.82) is 0 Å². The first-order valence-electron chi connectivity index (χ1n) is 12.3. The van der Waals surface area contributed by atoms with Gasteiger partial charge in [-0.3, -0.25) is 9.69 Å². The van der Waals surface area contributed by atoms with Crippen LogP contribution in [0.3, 0.4) is 0 Å². The number of ether oxygens (including phenoxy) is 1. The molecule has 0 radical (unpaired) electrons. The highest BCUT2D eigenvalue weighted by molar-refractivity contribution is 6.01. The zero-order valence-electron chi connectivity index (χ0n) is 20.9. The molecule has 1 heterocycles. The van der Waals surface area contributed by atoms with Crippen molar-refractivity contribution in [2.24, 2.45) is 10.8 Å². The number of imide groups is 1. The lowest BCUT2D eigenvalue weighted by Crippen LogP contribution is -2.33. The predicted molar refractivity (Wildman–Crippen MR) is 126 cm³/mol. The van der Waals surface area contributed by atoms with Crippen LogP contribution in [0.2, 0.25) is 0 Å². The first-order chi connectivity index (χ1) is 14.6. The molecular weight excluding hydrogens is 392 g/mol. The lowest BCUT2D eigenvalue weighted by molar-refractivity contribution is -0.125. The Kier molecular flexibility index (Phi) is 12.7. The maximum absolute atomic E-state index is 11.9. The quantitative estimate of drug-likeness (QED) is 0.234. The lowest BCUT2D eigenvalue weighted by Gasteiger charge is -2.25. The van der Waals surface area contributed by atoms with Gasteiger partial charge in [0.05, 0.1) is 0 Å². The largest absolute Gasteiger partial charge is 0.396 e. The Morgan fingerprint density at radius 3 is 1.74 bits per heavy atom. The Balaban J connectivity index is 2.01. The van der Waals surface area contributed by atoms with Crippen molar-refractivity contribution in [2.45, 2.75) is 98.3 Å². The molecule has 0 aromatic carbocycles. The van der Waals surface area contributed by atoms with Crippen LogP contribution < -0.4 is 0 Å². The molecule has 1 saturated heterocycles. The monoisotopic (exact) mass is 440 g/mol. The third kappa shape index (κ3) is 11.9. The summed E-state index contributed by atoms with van der Waals surface area (Å²) in [6, 6.07) is -0.162. The number of likely N-dealkylation sites (N-methyl/N-ethyl adjacent to an activating group) is 1. The second-order valence-electron chi connectivity index (χ2n) is 10.8. The molecule has 31 heavy (non-hydrogen) atoms. The lowest BCUT2D eigenvalue weighted by atomic mass is 9.82. The van der Waals surface area contributed by atoms with E-state index in [1.807, 2.05) is 0 Å². The minimum atomic E-state index is -0.162. The number of nitrogens with zero attached hydrogens (tertiary/aromatic N) is 2. The summed E-state index contributed by atoms with van der Waals surface area (Å²) in [6.07, 6.45) is 12.0. The summed E-state index contributed by atoms with van der Waals surface area (Å²) in [5.41, 5.74) is 0.589. The fourth-order valence-electron chi connectivity index (χ4n) is 4.29. The number of aliphatic hydroxyl groups is 1. The van der Waals surface area contributed by atoms with Crippen LogP contribution in [-0.2, 0) is 9.53 Å². The minimum absolute atomic E-state index is 0.0762. The van der Waals surface area contributed by atoms with E-state index in [2.05, 4.69) is 27.7 Å². The average Bonchev–Trinajstić information content (AvgIpc) is 2.92. The van der Waals surface area contributed by atoms with Gasteiger partial charge in [-0.05, 0) is 62.2 Å². The fourth-order valence-corrected chi connectivity index (χ4v) is 4.29. The SMILES string of the molecule is CN1CC(=O)N(CCCC(C)(C)CCCCOCCCCC(C)(C)CCCCO)C1=O. The van der Waals surface area contributed by atoms with E-state index in [0.29, 0.717) is 18.6 Å². The Morgan fingerprint density at radius 2 is 1.29 bits per heavy atom. The van der Waals surface area contributed by atoms with Gasteiger partial charge >= 0.3 is 6.03 Å². The zero-order chi connectivity index (χ0) is 23.3. The number of hydrogen-bond acceptors (Lipinski definition) is 4. The molecule has 1 aliphatic rings. The van der Waals surface area contributed by atoms with Crippen LogP contribution in [0.15, 0.2) is 0 Å². The molecule has 182 valence electrons. The molecule has 1 aliphatic heterocycles. The standard InChI is InChI=1S/C25H48N2O4/c1-24(2,13-6-9-18-28)14-7-10-19-31-20-11-8-15-25(3,4)16-12-17-27-22(29)21-26(5)23(27)30/h28H,6-21H2,1-5H3. The van der Waals surface area contributed by atoms with Gasteiger partial charge in [0.2, 0.25) is 5.91 Å². The van der Waals surface area contributed by atoms with E-state index >= 15 is 0 Å². The molecule has 1 N–H and O–H groups in total. The first kappa shape index (κ1) is 27.9. The molecule has 0 spiro atoms. The number of carbonyl (C=O) groups is 2. The molecule has 0 unspecified atom stereocenters. The molecule has 3 amide bonds. The second-order valence-corrected chi connectivity index (χ2v) is 10.8. The van der Waals surface area contributed by atoms with Gasteiger partial charge < -0.3 is 14.7 Å². The Morgan fingerprint density at radius 1 is 0.806 bits per heavy atom. The maximum Gasteiger partial charge on any atom is 0.326 e. The summed E-state index contributed by atoms with van der Waals surface area (Å²) >= 11 is 0. The van der Waals surface area contributed by atoms with Gasteiger partial charge in [-0.15, -0.1) is 0 Å². The van der Waals surface area contributed by atoms with E-state index in [4.69, 9.17) is 9.84 Å². The second kappa shape index (κ2) is 14.1. The van der Waals surface area contributed by atoms with E-state index in [1.165, 1.54) is 29.1 Å². The summed E-state index contributed by atoms with van der Waals surface area (Å²) in [6.45, 7) is 11.9. The molecule has 1 rings (SSSR count). The van der Waals surface area contributed by atoms with Gasteiger partial charge in [0.25, 0.3) is 0 Å². The molecule has 1 fully saturated rings. The molecule has 0 saturated carbocycles. The van der Waals surface area contributed by atoms with Crippen molar-refractivity contribution in [1.82, 2.24) is 9.80 Å². The Labute approximate surface area is 190 Å². The van der Waals surface area contributed by atoms with Gasteiger partial charge in [0.1, 0.15) is 6.54 Å². The van der Waals surface area contributed by atoms with E-state index in [1.54, 1.807) is 7.05 Å². The number of aliphatic hydroxyl groups excluding tert-OH is 1. The molecule has 0 aromatic rings. The van der Waals surface area contributed by atoms with Crippen LogP contribution in [-0.4, -0.2) is 66.8 Å². The molecule has 0 bridgehead atoms. The van der Waals surface area contributed by atoms with E-state index < -0.39 is 0 Å². The summed E-state index contributed by atoms with van der Waals surface area (Å²) in [5.74, 6) is -0.0762. The third-order valence-electron chi connectivity index (χ3n) is 6.51. The van der Waals surface area contributed by atoms with E-state index in [-0.39, 0.29) is 23.9 Å². The van der Waals surface area contributed by atoms with E-state index in [0.717, 1.165) is 64.6 Å². The van der Waals surface area contributed by atoms with Gasteiger partial charge in [-0.25, -0.2) is 4.79 Å². The van der Waals surface area contributed by atoms with Crippen molar-refractivity contribution in [2.75, 3.05) is 40.0 Å². The average molecular weight is 441 g/mol. The molecule has 0 atom stereocenters. The van der Waals surface area contributed by atoms with E-state index in [9.17, 15) is 9.59 Å². The number of rotatable bonds is 18. The maximum atomic E-state index is 11.9. The first-order valence-corrected chi connectivity index (χ1v) is 12.3. The summed E-state index contributed by atoms with van der Waals surface area (Å²) in [4.78, 5) is 26.6. The highest BCUT2D eigenvalue weighted by Crippen LogP contribution is 2.30. The Hall–Kier alpha value is -1.14. The predicted octanol–water partition coefficient (Wildman–Crippen LogP) is 5.23. The van der Waals surface area contributed by atoms with Crippen molar-refractivity contribution >= 4 is 11.9 Å². The van der Waals surface area contributed by atoms with Crippen molar-refractivity contribution in [3.05, 3.63) is 0 Å². The zero-order valence-corrected chi connectivity index (χ0v) is 20.9. The summed E-state index contributed by atoms with van der Waals surface area (Å²) in [5, 5.41) is 8.90. The van der Waals surface area contributed by atoms with Gasteiger partial charge in [-0.1, -0.05) is 47.0 Å².